The molecule has 0 fully saturated rings. The third kappa shape index (κ3) is 5.22. The number of aromatic nitrogens is 1. The number of rotatable bonds is 2. The van der Waals surface area contributed by atoms with Crippen molar-refractivity contribution in [2.45, 2.75) is 0 Å². The second-order valence-electron chi connectivity index (χ2n) is 3.71. The molecule has 3 rings (SSSR count). The summed E-state index contributed by atoms with van der Waals surface area (Å²) in [4.78, 5) is 15.3. The fraction of sp³-hybridized carbons (Fsp3) is 0. The minimum Gasteiger partial charge on any atom is -0.514 e. The van der Waals surface area contributed by atoms with Crippen molar-refractivity contribution in [1.29, 1.82) is 0 Å². The maximum atomic E-state index is 11.5. The van der Waals surface area contributed by atoms with E-state index in [1.54, 1.807) is 36.7 Å². The van der Waals surface area contributed by atoms with E-state index >= 15 is 0 Å². The second kappa shape index (κ2) is 8.86. The SMILES string of the molecule is O=C(O[c-]1cccc1)c1ccncc1.[Fe+2].c1cc[cH-]c1. The van der Waals surface area contributed by atoms with E-state index in [4.69, 9.17) is 4.74 Å². The van der Waals surface area contributed by atoms with Crippen LogP contribution in [-0.4, -0.2) is 11.0 Å². The number of ether oxygens (including phenoxy) is 1. The monoisotopic (exact) mass is 307 g/mol. The molecule has 0 atom stereocenters. The van der Waals surface area contributed by atoms with Crippen molar-refractivity contribution in [1.82, 2.24) is 4.98 Å². The standard InChI is InChI=1S/C11H8NO2.C5H5.Fe/c13-11(9-5-7-12-8-6-9)14-10-3-1-2-4-10;1-2-4-5-3-1;/h1-8H;1-5H;/q2*-1;+2. The van der Waals surface area contributed by atoms with Crippen LogP contribution in [0, 0.1) is 0 Å². The smallest absolute Gasteiger partial charge is 0.514 e. The van der Waals surface area contributed by atoms with Crippen LogP contribution in [0.5, 0.6) is 5.75 Å². The first kappa shape index (κ1) is 15.9. The van der Waals surface area contributed by atoms with Gasteiger partial charge in [-0.2, -0.15) is 30.3 Å². The molecule has 102 valence electrons. The zero-order valence-electron chi connectivity index (χ0n) is 10.6. The van der Waals surface area contributed by atoms with Gasteiger partial charge in [0.25, 0.3) is 5.97 Å². The zero-order valence-corrected chi connectivity index (χ0v) is 11.7. The molecule has 0 spiro atoms. The molecule has 0 unspecified atom stereocenters. The first-order valence-corrected chi connectivity index (χ1v) is 5.87. The Morgan fingerprint density at radius 3 is 2.15 bits per heavy atom. The Hall–Kier alpha value is -2.16. The molecular formula is C16H13FeNO2. The fourth-order valence-electron chi connectivity index (χ4n) is 1.40. The molecule has 20 heavy (non-hydrogen) atoms. The van der Waals surface area contributed by atoms with E-state index in [9.17, 15) is 4.79 Å². The van der Waals surface area contributed by atoms with Crippen LogP contribution < -0.4 is 4.74 Å². The molecule has 0 aliphatic heterocycles. The molecule has 0 aliphatic carbocycles. The molecule has 3 nitrogen and oxygen atoms in total. The summed E-state index contributed by atoms with van der Waals surface area (Å²) in [6.45, 7) is 0. The van der Waals surface area contributed by atoms with Crippen molar-refractivity contribution in [3.63, 3.8) is 0 Å². The van der Waals surface area contributed by atoms with Crippen molar-refractivity contribution < 1.29 is 26.6 Å². The van der Waals surface area contributed by atoms with E-state index in [1.807, 2.05) is 42.5 Å². The fourth-order valence-corrected chi connectivity index (χ4v) is 1.40. The van der Waals surface area contributed by atoms with Gasteiger partial charge in [0.1, 0.15) is 0 Å². The van der Waals surface area contributed by atoms with Gasteiger partial charge in [-0.05, 0) is 12.1 Å². The Morgan fingerprint density at radius 1 is 1.05 bits per heavy atom. The maximum Gasteiger partial charge on any atom is 2.00 e. The van der Waals surface area contributed by atoms with Crippen LogP contribution in [0.2, 0.25) is 0 Å². The minimum atomic E-state index is -0.362. The van der Waals surface area contributed by atoms with Gasteiger partial charge in [-0.25, -0.2) is 12.1 Å². The topological polar surface area (TPSA) is 39.2 Å². The third-order valence-electron chi connectivity index (χ3n) is 2.31. The van der Waals surface area contributed by atoms with E-state index in [2.05, 4.69) is 4.98 Å². The molecule has 0 N–H and O–H groups in total. The van der Waals surface area contributed by atoms with Crippen LogP contribution in [0.1, 0.15) is 10.4 Å². The number of carbonyl (C=O) groups excluding carboxylic acids is 1. The zero-order chi connectivity index (χ0) is 13.3. The number of hydrogen-bond acceptors (Lipinski definition) is 3. The van der Waals surface area contributed by atoms with Gasteiger partial charge in [0, 0.05) is 23.7 Å². The van der Waals surface area contributed by atoms with E-state index < -0.39 is 0 Å². The number of nitrogens with zero attached hydrogens (tertiary/aromatic N) is 1. The molecule has 0 saturated carbocycles. The van der Waals surface area contributed by atoms with Crippen LogP contribution in [0.15, 0.2) is 79.1 Å². The Kier molecular flexibility index (Phi) is 7.04. The van der Waals surface area contributed by atoms with Gasteiger partial charge < -0.3 is 9.53 Å². The first-order chi connectivity index (χ1) is 9.36. The Labute approximate surface area is 128 Å². The summed E-state index contributed by atoms with van der Waals surface area (Å²) in [6, 6.07) is 20.3. The molecule has 1 heterocycles. The Balaban J connectivity index is 0.000000283. The van der Waals surface area contributed by atoms with E-state index in [0.717, 1.165) is 0 Å². The summed E-state index contributed by atoms with van der Waals surface area (Å²) >= 11 is 0. The summed E-state index contributed by atoms with van der Waals surface area (Å²) in [5.41, 5.74) is 0.501. The normalized spacial score (nSPS) is 8.80. The van der Waals surface area contributed by atoms with Gasteiger partial charge in [-0.1, -0.05) is 0 Å². The molecule has 0 radical (unpaired) electrons. The van der Waals surface area contributed by atoms with Gasteiger partial charge in [-0.3, -0.25) is 4.98 Å². The van der Waals surface area contributed by atoms with Gasteiger partial charge in [-0.15, -0.1) is 12.1 Å². The molecule has 2 aromatic carbocycles. The van der Waals surface area contributed by atoms with Gasteiger partial charge in [0.05, 0.1) is 0 Å². The molecule has 0 aliphatic rings. The van der Waals surface area contributed by atoms with E-state index in [0.29, 0.717) is 11.3 Å². The number of carbonyl (C=O) groups is 1. The summed E-state index contributed by atoms with van der Waals surface area (Å²) in [6.07, 6.45) is 3.11. The molecule has 3 aromatic rings. The Morgan fingerprint density at radius 2 is 1.65 bits per heavy atom. The number of pyridine rings is 1. The predicted octanol–water partition coefficient (Wildman–Crippen LogP) is 3.42. The van der Waals surface area contributed by atoms with E-state index in [1.165, 1.54) is 0 Å². The van der Waals surface area contributed by atoms with Crippen molar-refractivity contribution >= 4 is 5.97 Å². The van der Waals surface area contributed by atoms with Crippen molar-refractivity contribution in [3.8, 4) is 5.75 Å². The van der Waals surface area contributed by atoms with Crippen molar-refractivity contribution in [2.24, 2.45) is 0 Å². The second-order valence-corrected chi connectivity index (χ2v) is 3.71. The third-order valence-corrected chi connectivity index (χ3v) is 2.31. The van der Waals surface area contributed by atoms with Gasteiger partial charge >= 0.3 is 17.1 Å². The average Bonchev–Trinajstić information content (AvgIpc) is 3.15. The molecular weight excluding hydrogens is 294 g/mol. The quantitative estimate of drug-likeness (QED) is 0.414. The average molecular weight is 307 g/mol. The van der Waals surface area contributed by atoms with Crippen LogP contribution in [0.3, 0.4) is 0 Å². The largest absolute Gasteiger partial charge is 2.00 e. The molecule has 1 aromatic heterocycles. The predicted molar refractivity (Wildman–Crippen MR) is 73.3 cm³/mol. The van der Waals surface area contributed by atoms with Crippen LogP contribution >= 0.6 is 0 Å². The van der Waals surface area contributed by atoms with Crippen molar-refractivity contribution in [2.75, 3.05) is 0 Å². The van der Waals surface area contributed by atoms with Gasteiger partial charge in [0.2, 0.25) is 0 Å². The molecule has 0 amide bonds. The van der Waals surface area contributed by atoms with Crippen LogP contribution in [0.25, 0.3) is 0 Å². The van der Waals surface area contributed by atoms with Gasteiger partial charge in [0.15, 0.2) is 0 Å². The summed E-state index contributed by atoms with van der Waals surface area (Å²) in [5, 5.41) is 0. The summed E-state index contributed by atoms with van der Waals surface area (Å²) in [7, 11) is 0. The minimum absolute atomic E-state index is 0. The maximum absolute atomic E-state index is 11.5. The van der Waals surface area contributed by atoms with Crippen molar-refractivity contribution in [3.05, 3.63) is 84.7 Å². The summed E-state index contributed by atoms with van der Waals surface area (Å²) in [5.74, 6) is 0.199. The van der Waals surface area contributed by atoms with E-state index in [-0.39, 0.29) is 23.0 Å². The molecule has 0 saturated heterocycles. The summed E-state index contributed by atoms with van der Waals surface area (Å²) < 4.78 is 5.07. The first-order valence-electron chi connectivity index (χ1n) is 5.87. The van der Waals surface area contributed by atoms with Crippen LogP contribution in [0.4, 0.5) is 0 Å². The molecule has 0 bridgehead atoms. The number of hydrogen-bond donors (Lipinski definition) is 0. The van der Waals surface area contributed by atoms with Crippen LogP contribution in [-0.2, 0) is 17.1 Å². The Bertz CT molecular complexity index is 557. The molecule has 4 heteroatoms. The number of esters is 1.